The van der Waals surface area contributed by atoms with E-state index in [9.17, 15) is 22.8 Å². The summed E-state index contributed by atoms with van der Waals surface area (Å²) in [6.07, 6.45) is 0.707. The summed E-state index contributed by atoms with van der Waals surface area (Å²) in [5.74, 6) is -1.19. The highest BCUT2D eigenvalue weighted by Crippen LogP contribution is 2.36. The Labute approximate surface area is 231 Å². The highest BCUT2D eigenvalue weighted by Gasteiger charge is 2.41. The monoisotopic (exact) mass is 560 g/mol. The lowest BCUT2D eigenvalue weighted by Gasteiger charge is -2.19. The molecule has 1 aliphatic carbocycles. The van der Waals surface area contributed by atoms with E-state index in [0.717, 1.165) is 9.54 Å². The number of H-pyrrole nitrogens is 1. The zero-order valence-electron chi connectivity index (χ0n) is 22.4. The van der Waals surface area contributed by atoms with Crippen molar-refractivity contribution in [3.8, 4) is 11.3 Å². The van der Waals surface area contributed by atoms with Crippen molar-refractivity contribution in [1.82, 2.24) is 19.5 Å². The van der Waals surface area contributed by atoms with Gasteiger partial charge in [-0.15, -0.1) is 0 Å². The number of hydrogen-bond donors (Lipinski definition) is 2. The standard InChI is InChI=1S/C29H28N4O6S/c1-17-10-12-20(13-11-17)40(37,38)33-16-19(14-15-30-28(36)39-29(2,3)4)21-25(33)27(35)22-23(18-8-6-5-7-9-18)31-32-24(22)26(21)34/h5-13,16H,14-15H2,1-4H3,(H,30,36)(H,31,32). The minimum atomic E-state index is -4.26. The fourth-order valence-electron chi connectivity index (χ4n) is 4.59. The topological polar surface area (TPSA) is 140 Å². The van der Waals surface area contributed by atoms with Crippen LogP contribution in [0.3, 0.4) is 0 Å². The lowest BCUT2D eigenvalue weighted by molar-refractivity contribution is 0.0528. The first-order valence-electron chi connectivity index (χ1n) is 12.6. The summed E-state index contributed by atoms with van der Waals surface area (Å²) < 4.78 is 33.8. The number of nitrogens with one attached hydrogen (secondary N) is 2. The van der Waals surface area contributed by atoms with Gasteiger partial charge in [0, 0.05) is 18.3 Å². The molecule has 0 radical (unpaired) electrons. The Hall–Kier alpha value is -4.51. The minimum absolute atomic E-state index is 0.0109. The number of aryl methyl sites for hydroxylation is 1. The Morgan fingerprint density at radius 2 is 1.68 bits per heavy atom. The van der Waals surface area contributed by atoms with Gasteiger partial charge in [0.1, 0.15) is 22.7 Å². The molecular weight excluding hydrogens is 532 g/mol. The number of amides is 1. The third-order valence-corrected chi connectivity index (χ3v) is 8.08. The number of alkyl carbamates (subject to hydrolysis) is 1. The van der Waals surface area contributed by atoms with E-state index in [1.54, 1.807) is 57.2 Å². The molecular formula is C29H28N4O6S. The average Bonchev–Trinajstić information content (AvgIpc) is 3.51. The van der Waals surface area contributed by atoms with Gasteiger partial charge in [-0.25, -0.2) is 17.2 Å². The molecule has 2 heterocycles. The van der Waals surface area contributed by atoms with Crippen LogP contribution in [0.15, 0.2) is 65.7 Å². The summed E-state index contributed by atoms with van der Waals surface area (Å²) in [7, 11) is -4.26. The van der Waals surface area contributed by atoms with Gasteiger partial charge in [-0.1, -0.05) is 48.0 Å². The smallest absolute Gasteiger partial charge is 0.407 e. The van der Waals surface area contributed by atoms with Gasteiger partial charge >= 0.3 is 6.09 Å². The summed E-state index contributed by atoms with van der Waals surface area (Å²) in [6.45, 7) is 7.07. The van der Waals surface area contributed by atoms with Crippen LogP contribution in [0.5, 0.6) is 0 Å². The second-order valence-corrected chi connectivity index (χ2v) is 12.3. The molecule has 206 valence electrons. The van der Waals surface area contributed by atoms with Crippen LogP contribution in [0.1, 0.15) is 64.0 Å². The Morgan fingerprint density at radius 3 is 2.33 bits per heavy atom. The van der Waals surface area contributed by atoms with Crippen molar-refractivity contribution in [3.05, 3.63) is 94.4 Å². The lowest BCUT2D eigenvalue weighted by Crippen LogP contribution is -2.33. The first-order chi connectivity index (χ1) is 18.9. The molecule has 0 saturated carbocycles. The zero-order valence-corrected chi connectivity index (χ0v) is 23.3. The number of rotatable bonds is 6. The van der Waals surface area contributed by atoms with E-state index in [4.69, 9.17) is 4.74 Å². The van der Waals surface area contributed by atoms with E-state index < -0.39 is 33.3 Å². The van der Waals surface area contributed by atoms with Crippen molar-refractivity contribution < 1.29 is 27.5 Å². The Kier molecular flexibility index (Phi) is 6.70. The minimum Gasteiger partial charge on any atom is -0.444 e. The summed E-state index contributed by atoms with van der Waals surface area (Å²) in [5, 5.41) is 9.55. The quantitative estimate of drug-likeness (QED) is 0.316. The lowest BCUT2D eigenvalue weighted by atomic mass is 9.88. The summed E-state index contributed by atoms with van der Waals surface area (Å²) in [5.41, 5.74) is 1.02. The molecule has 0 fully saturated rings. The Balaban J connectivity index is 1.61. The van der Waals surface area contributed by atoms with Crippen LogP contribution in [-0.4, -0.2) is 52.4 Å². The van der Waals surface area contributed by atoms with E-state index in [1.807, 2.05) is 13.0 Å². The molecule has 0 spiro atoms. The van der Waals surface area contributed by atoms with Gasteiger partial charge in [0.15, 0.2) is 0 Å². The molecule has 0 bridgehead atoms. The molecule has 2 aromatic carbocycles. The second-order valence-electron chi connectivity index (χ2n) is 10.5. The molecule has 5 rings (SSSR count). The van der Waals surface area contributed by atoms with Crippen LogP contribution in [-0.2, 0) is 21.2 Å². The van der Waals surface area contributed by atoms with E-state index >= 15 is 0 Å². The third kappa shape index (κ3) is 4.84. The normalized spacial score (nSPS) is 13.1. The molecule has 4 aromatic rings. The van der Waals surface area contributed by atoms with E-state index in [2.05, 4.69) is 15.5 Å². The highest BCUT2D eigenvalue weighted by atomic mass is 32.2. The van der Waals surface area contributed by atoms with Crippen molar-refractivity contribution in [2.45, 2.75) is 44.6 Å². The number of benzene rings is 2. The maximum absolute atomic E-state index is 14.0. The van der Waals surface area contributed by atoms with Crippen LogP contribution in [0, 0.1) is 6.92 Å². The number of ketones is 2. The fraction of sp³-hybridized carbons (Fsp3) is 0.241. The number of carbonyl (C=O) groups excluding carboxylic acids is 3. The first-order valence-corrected chi connectivity index (χ1v) is 14.1. The molecule has 40 heavy (non-hydrogen) atoms. The third-order valence-electron chi connectivity index (χ3n) is 6.40. The molecule has 1 aliphatic rings. The Bertz CT molecular complexity index is 1740. The van der Waals surface area contributed by atoms with Crippen LogP contribution in [0.2, 0.25) is 0 Å². The molecule has 0 atom stereocenters. The molecule has 0 saturated heterocycles. The highest BCUT2D eigenvalue weighted by molar-refractivity contribution is 7.90. The molecule has 11 heteroatoms. The molecule has 2 aromatic heterocycles. The predicted octanol–water partition coefficient (Wildman–Crippen LogP) is 4.27. The van der Waals surface area contributed by atoms with Crippen molar-refractivity contribution in [2.75, 3.05) is 6.54 Å². The van der Waals surface area contributed by atoms with Crippen LogP contribution >= 0.6 is 0 Å². The van der Waals surface area contributed by atoms with Gasteiger partial charge < -0.3 is 10.1 Å². The maximum Gasteiger partial charge on any atom is 0.407 e. The average molecular weight is 561 g/mol. The summed E-state index contributed by atoms with van der Waals surface area (Å²) in [6, 6.07) is 15.1. The predicted molar refractivity (Wildman–Crippen MR) is 147 cm³/mol. The van der Waals surface area contributed by atoms with Crippen LogP contribution in [0.4, 0.5) is 4.79 Å². The number of ether oxygens (including phenoxy) is 1. The van der Waals surface area contributed by atoms with E-state index in [1.165, 1.54) is 18.3 Å². The SMILES string of the molecule is Cc1ccc(S(=O)(=O)n2cc(CCNC(=O)OC(C)(C)C)c3c2C(=O)c2c(-c4ccccc4)n[nH]c2C3=O)cc1. The van der Waals surface area contributed by atoms with Crippen LogP contribution < -0.4 is 5.32 Å². The first kappa shape index (κ1) is 27.1. The molecule has 10 nitrogen and oxygen atoms in total. The fourth-order valence-corrected chi connectivity index (χ4v) is 5.98. The van der Waals surface area contributed by atoms with Gasteiger partial charge in [-0.3, -0.25) is 14.7 Å². The van der Waals surface area contributed by atoms with Gasteiger partial charge in [0.05, 0.1) is 16.0 Å². The molecule has 0 unspecified atom stereocenters. The van der Waals surface area contributed by atoms with Gasteiger partial charge in [-0.2, -0.15) is 5.10 Å². The number of fused-ring (bicyclic) bond motifs is 2. The second kappa shape index (κ2) is 9.91. The van der Waals surface area contributed by atoms with Gasteiger partial charge in [0.25, 0.3) is 10.0 Å². The number of aromatic amines is 1. The molecule has 0 aliphatic heterocycles. The number of nitrogens with zero attached hydrogens (tertiary/aromatic N) is 2. The number of carbonyl (C=O) groups is 3. The van der Waals surface area contributed by atoms with E-state index in [0.29, 0.717) is 11.1 Å². The maximum atomic E-state index is 14.0. The van der Waals surface area contributed by atoms with Gasteiger partial charge in [0.2, 0.25) is 11.6 Å². The van der Waals surface area contributed by atoms with Crippen molar-refractivity contribution in [3.63, 3.8) is 0 Å². The summed E-state index contributed by atoms with van der Waals surface area (Å²) >= 11 is 0. The van der Waals surface area contributed by atoms with Crippen molar-refractivity contribution in [1.29, 1.82) is 0 Å². The number of hydrogen-bond acceptors (Lipinski definition) is 7. The summed E-state index contributed by atoms with van der Waals surface area (Å²) in [4.78, 5) is 39.9. The Morgan fingerprint density at radius 1 is 1.00 bits per heavy atom. The number of aromatic nitrogens is 3. The molecule has 1 amide bonds. The largest absolute Gasteiger partial charge is 0.444 e. The van der Waals surface area contributed by atoms with Gasteiger partial charge in [-0.05, 0) is 51.8 Å². The zero-order chi connectivity index (χ0) is 28.8. The van der Waals surface area contributed by atoms with Crippen molar-refractivity contribution in [2.24, 2.45) is 0 Å². The van der Waals surface area contributed by atoms with E-state index in [-0.39, 0.29) is 46.1 Å². The molecule has 2 N–H and O–H groups in total. The van der Waals surface area contributed by atoms with Crippen LogP contribution in [0.25, 0.3) is 11.3 Å². The van der Waals surface area contributed by atoms with Crippen molar-refractivity contribution >= 4 is 27.7 Å².